The number of halogens is 1. The summed E-state index contributed by atoms with van der Waals surface area (Å²) < 4.78 is 18.4. The third-order valence-electron chi connectivity index (χ3n) is 3.97. The van der Waals surface area contributed by atoms with Gasteiger partial charge in [0.15, 0.2) is 0 Å². The summed E-state index contributed by atoms with van der Waals surface area (Å²) in [5.74, 6) is -0.966. The van der Waals surface area contributed by atoms with E-state index in [1.54, 1.807) is 36.6 Å². The molecule has 148 valence electrons. The molecule has 1 aliphatic rings. The lowest BCUT2D eigenvalue weighted by atomic mass is 10.1. The van der Waals surface area contributed by atoms with Crippen LogP contribution in [0.25, 0.3) is 0 Å². The van der Waals surface area contributed by atoms with E-state index in [9.17, 15) is 18.8 Å². The molecular formula is C19H26FN3O4. The molecule has 0 aromatic heterocycles. The molecule has 27 heavy (non-hydrogen) atoms. The summed E-state index contributed by atoms with van der Waals surface area (Å²) in [4.78, 5) is 39.3. The number of amides is 3. The van der Waals surface area contributed by atoms with E-state index < -0.39 is 17.5 Å². The monoisotopic (exact) mass is 379 g/mol. The van der Waals surface area contributed by atoms with Gasteiger partial charge >= 0.3 is 6.09 Å². The first-order chi connectivity index (χ1) is 12.6. The molecule has 0 radical (unpaired) electrons. The molecule has 1 saturated heterocycles. The van der Waals surface area contributed by atoms with Crippen LogP contribution in [0.3, 0.4) is 0 Å². The Morgan fingerprint density at radius 3 is 2.33 bits per heavy atom. The number of hydrogen-bond donors (Lipinski definition) is 1. The molecule has 0 bridgehead atoms. The number of nitrogens with zero attached hydrogens (tertiary/aromatic N) is 2. The smallest absolute Gasteiger partial charge is 0.410 e. The predicted molar refractivity (Wildman–Crippen MR) is 97.5 cm³/mol. The summed E-state index contributed by atoms with van der Waals surface area (Å²) in [6.07, 6.45) is -0.379. The molecule has 3 amide bonds. The lowest BCUT2D eigenvalue weighted by Crippen LogP contribution is -2.53. The van der Waals surface area contributed by atoms with E-state index in [2.05, 4.69) is 5.32 Å². The van der Waals surface area contributed by atoms with Gasteiger partial charge in [-0.3, -0.25) is 9.59 Å². The quantitative estimate of drug-likeness (QED) is 0.861. The van der Waals surface area contributed by atoms with Crippen LogP contribution in [-0.4, -0.2) is 66.0 Å². The lowest BCUT2D eigenvalue weighted by molar-refractivity contribution is -0.134. The van der Waals surface area contributed by atoms with Gasteiger partial charge < -0.3 is 19.9 Å². The second-order valence-electron chi connectivity index (χ2n) is 7.43. The van der Waals surface area contributed by atoms with E-state index in [1.807, 2.05) is 0 Å². The maximum Gasteiger partial charge on any atom is 0.410 e. The molecule has 1 heterocycles. The number of benzene rings is 1. The number of carbonyl (C=O) groups is 3. The molecule has 1 N–H and O–H groups in total. The van der Waals surface area contributed by atoms with E-state index in [0.29, 0.717) is 31.7 Å². The highest BCUT2D eigenvalue weighted by atomic mass is 19.1. The highest BCUT2D eigenvalue weighted by molar-refractivity contribution is 5.85. The minimum absolute atomic E-state index is 0.0114. The normalized spacial score (nSPS) is 14.7. The highest BCUT2D eigenvalue weighted by Gasteiger charge is 2.27. The SMILES string of the molecule is CC(C)(C)OC(=O)N1CCN(C(=O)CNC(=O)Cc2cccc(F)c2)CC1. The Labute approximate surface area is 158 Å². The third kappa shape index (κ3) is 6.88. The Bertz CT molecular complexity index is 694. The fourth-order valence-corrected chi connectivity index (χ4v) is 2.65. The standard InChI is InChI=1S/C19H26FN3O4/c1-19(2,3)27-18(26)23-9-7-22(8-10-23)17(25)13-21-16(24)12-14-5-4-6-15(20)11-14/h4-6,11H,7-10,12-13H2,1-3H3,(H,21,24). The van der Waals surface area contributed by atoms with Crippen molar-refractivity contribution < 1.29 is 23.5 Å². The fraction of sp³-hybridized carbons (Fsp3) is 0.526. The summed E-state index contributed by atoms with van der Waals surface area (Å²) in [5.41, 5.74) is -0.0124. The van der Waals surface area contributed by atoms with E-state index in [4.69, 9.17) is 4.74 Å². The van der Waals surface area contributed by atoms with Gasteiger partial charge in [-0.1, -0.05) is 12.1 Å². The Morgan fingerprint density at radius 1 is 1.11 bits per heavy atom. The molecule has 0 aliphatic carbocycles. The van der Waals surface area contributed by atoms with Crippen molar-refractivity contribution in [2.75, 3.05) is 32.7 Å². The minimum atomic E-state index is -0.560. The first-order valence-electron chi connectivity index (χ1n) is 8.91. The number of ether oxygens (including phenoxy) is 1. The summed E-state index contributed by atoms with van der Waals surface area (Å²) in [7, 11) is 0. The molecule has 1 aromatic rings. The van der Waals surface area contributed by atoms with Crippen molar-refractivity contribution in [3.8, 4) is 0 Å². The zero-order valence-electron chi connectivity index (χ0n) is 16.0. The largest absolute Gasteiger partial charge is 0.444 e. The number of rotatable bonds is 4. The van der Waals surface area contributed by atoms with Crippen LogP contribution in [0, 0.1) is 5.82 Å². The van der Waals surface area contributed by atoms with Crippen LogP contribution >= 0.6 is 0 Å². The number of nitrogens with one attached hydrogen (secondary N) is 1. The summed E-state index contributed by atoms with van der Waals surface area (Å²) in [5, 5.41) is 2.55. The van der Waals surface area contributed by atoms with Gasteiger partial charge in [-0.2, -0.15) is 0 Å². The Hall–Kier alpha value is -2.64. The summed E-state index contributed by atoms with van der Waals surface area (Å²) >= 11 is 0. The van der Waals surface area contributed by atoms with E-state index in [1.165, 1.54) is 18.2 Å². The average Bonchev–Trinajstić information content (AvgIpc) is 2.58. The zero-order chi connectivity index (χ0) is 20.0. The van der Waals surface area contributed by atoms with Gasteiger partial charge in [-0.15, -0.1) is 0 Å². The van der Waals surface area contributed by atoms with Crippen LogP contribution in [0.1, 0.15) is 26.3 Å². The first kappa shape index (κ1) is 20.7. The van der Waals surface area contributed by atoms with Crippen LogP contribution < -0.4 is 5.32 Å². The molecule has 0 spiro atoms. The van der Waals surface area contributed by atoms with Crippen molar-refractivity contribution in [2.45, 2.75) is 32.8 Å². The van der Waals surface area contributed by atoms with Gasteiger partial charge in [-0.25, -0.2) is 9.18 Å². The van der Waals surface area contributed by atoms with Crippen molar-refractivity contribution in [1.82, 2.24) is 15.1 Å². The molecule has 2 rings (SSSR count). The molecule has 1 fully saturated rings. The van der Waals surface area contributed by atoms with Crippen LogP contribution in [0.5, 0.6) is 0 Å². The molecular weight excluding hydrogens is 353 g/mol. The zero-order valence-corrected chi connectivity index (χ0v) is 16.0. The summed E-state index contributed by atoms with van der Waals surface area (Å²) in [6.45, 7) is 6.83. The van der Waals surface area contributed by atoms with Crippen LogP contribution in [0.2, 0.25) is 0 Å². The van der Waals surface area contributed by atoms with Gasteiger partial charge in [-0.05, 0) is 38.5 Å². The maximum absolute atomic E-state index is 13.1. The number of hydrogen-bond acceptors (Lipinski definition) is 4. The van der Waals surface area contributed by atoms with Crippen molar-refractivity contribution in [3.63, 3.8) is 0 Å². The maximum atomic E-state index is 13.1. The minimum Gasteiger partial charge on any atom is -0.444 e. The van der Waals surface area contributed by atoms with Crippen molar-refractivity contribution >= 4 is 17.9 Å². The van der Waals surface area contributed by atoms with Crippen LogP contribution in [0.4, 0.5) is 9.18 Å². The molecule has 1 aliphatic heterocycles. The van der Waals surface area contributed by atoms with Crippen molar-refractivity contribution in [1.29, 1.82) is 0 Å². The molecule has 7 nitrogen and oxygen atoms in total. The van der Waals surface area contributed by atoms with Crippen molar-refractivity contribution in [2.24, 2.45) is 0 Å². The second kappa shape index (κ2) is 8.83. The molecule has 0 saturated carbocycles. The van der Waals surface area contributed by atoms with Gasteiger partial charge in [0.05, 0.1) is 13.0 Å². The van der Waals surface area contributed by atoms with E-state index >= 15 is 0 Å². The Morgan fingerprint density at radius 2 is 1.74 bits per heavy atom. The topological polar surface area (TPSA) is 79.0 Å². The van der Waals surface area contributed by atoms with Gasteiger partial charge in [0.25, 0.3) is 0 Å². The van der Waals surface area contributed by atoms with Gasteiger partial charge in [0.1, 0.15) is 11.4 Å². The fourth-order valence-electron chi connectivity index (χ4n) is 2.65. The third-order valence-corrected chi connectivity index (χ3v) is 3.97. The Balaban J connectivity index is 1.73. The van der Waals surface area contributed by atoms with Crippen molar-refractivity contribution in [3.05, 3.63) is 35.6 Å². The molecule has 1 aromatic carbocycles. The van der Waals surface area contributed by atoms with Crippen LogP contribution in [0.15, 0.2) is 24.3 Å². The number of piperazine rings is 1. The highest BCUT2D eigenvalue weighted by Crippen LogP contribution is 2.12. The average molecular weight is 379 g/mol. The Kier molecular flexibility index (Phi) is 6.76. The van der Waals surface area contributed by atoms with Gasteiger partial charge in [0, 0.05) is 26.2 Å². The molecule has 0 unspecified atom stereocenters. The van der Waals surface area contributed by atoms with Crippen LogP contribution in [-0.2, 0) is 20.7 Å². The molecule has 0 atom stereocenters. The molecule has 8 heteroatoms. The van der Waals surface area contributed by atoms with E-state index in [-0.39, 0.29) is 24.8 Å². The van der Waals surface area contributed by atoms with Gasteiger partial charge in [0.2, 0.25) is 11.8 Å². The first-order valence-corrected chi connectivity index (χ1v) is 8.91. The number of carbonyl (C=O) groups excluding carboxylic acids is 3. The lowest BCUT2D eigenvalue weighted by Gasteiger charge is -2.35. The van der Waals surface area contributed by atoms with E-state index in [0.717, 1.165) is 0 Å². The summed E-state index contributed by atoms with van der Waals surface area (Å²) in [6, 6.07) is 5.78. The second-order valence-corrected chi connectivity index (χ2v) is 7.43. The predicted octanol–water partition coefficient (Wildman–Crippen LogP) is 1.56.